The van der Waals surface area contributed by atoms with E-state index in [0.717, 1.165) is 9.13 Å². The van der Waals surface area contributed by atoms with Crippen LogP contribution in [0.25, 0.3) is 0 Å². The van der Waals surface area contributed by atoms with Gasteiger partial charge in [-0.2, -0.15) is 0 Å². The Morgan fingerprint density at radius 3 is 2.92 bits per heavy atom. The fourth-order valence-corrected chi connectivity index (χ4v) is 1.95. The Bertz CT molecular complexity index is 343. The molecule has 1 unspecified atom stereocenters. The molecule has 0 fully saturated rings. The Kier molecular flexibility index (Phi) is 4.04. The second-order valence-corrected chi connectivity index (χ2v) is 4.28. The van der Waals surface area contributed by atoms with Gasteiger partial charge in [0.2, 0.25) is 0 Å². The molecular weight excluding hydrogens is 296 g/mol. The van der Waals surface area contributed by atoms with Crippen molar-refractivity contribution in [2.75, 3.05) is 0 Å². The van der Waals surface area contributed by atoms with Gasteiger partial charge in [0.05, 0.1) is 0 Å². The molecule has 0 aromatic heterocycles. The summed E-state index contributed by atoms with van der Waals surface area (Å²) in [6.45, 7) is 0. The number of terminal acetylenes is 1. The van der Waals surface area contributed by atoms with Crippen molar-refractivity contribution in [1.29, 1.82) is 0 Å². The first-order chi connectivity index (χ1) is 6.15. The van der Waals surface area contributed by atoms with E-state index in [2.05, 4.69) is 28.5 Å². The fraction of sp³-hybridized carbons (Fsp3) is 0.200. The molecule has 1 aromatic rings. The number of halogens is 2. The molecule has 0 radical (unpaired) electrons. The lowest BCUT2D eigenvalue weighted by Gasteiger charge is -2.10. The van der Waals surface area contributed by atoms with Crippen LogP contribution in [-0.4, -0.2) is 0 Å². The van der Waals surface area contributed by atoms with E-state index in [9.17, 15) is 0 Å². The molecule has 0 saturated carbocycles. The van der Waals surface area contributed by atoms with E-state index in [4.69, 9.17) is 23.8 Å². The van der Waals surface area contributed by atoms with E-state index in [1.807, 2.05) is 18.2 Å². The number of nitrogens with two attached hydrogens (primary N) is 1. The monoisotopic (exact) mass is 305 g/mol. The third-order valence-corrected chi connectivity index (χ3v) is 2.91. The van der Waals surface area contributed by atoms with Gasteiger partial charge in [-0.05, 0) is 46.4 Å². The summed E-state index contributed by atoms with van der Waals surface area (Å²) in [5.41, 5.74) is 6.89. The SMILES string of the molecule is C#CCC(N)c1cc(Cl)ccc1I. The second kappa shape index (κ2) is 4.85. The third kappa shape index (κ3) is 2.87. The van der Waals surface area contributed by atoms with E-state index >= 15 is 0 Å². The average molecular weight is 306 g/mol. The molecule has 3 heteroatoms. The minimum Gasteiger partial charge on any atom is -0.323 e. The van der Waals surface area contributed by atoms with Crippen LogP contribution in [0.1, 0.15) is 18.0 Å². The van der Waals surface area contributed by atoms with Crippen molar-refractivity contribution in [1.82, 2.24) is 0 Å². The highest BCUT2D eigenvalue weighted by Gasteiger charge is 2.08. The largest absolute Gasteiger partial charge is 0.323 e. The molecule has 1 nitrogen and oxygen atoms in total. The molecule has 0 bridgehead atoms. The molecule has 0 amide bonds. The lowest BCUT2D eigenvalue weighted by Crippen LogP contribution is -2.10. The van der Waals surface area contributed by atoms with Crippen molar-refractivity contribution >= 4 is 34.2 Å². The molecule has 0 aliphatic heterocycles. The standard InChI is InChI=1S/C10H9ClIN/c1-2-3-10(13)8-6-7(11)4-5-9(8)12/h1,4-6,10H,3,13H2. The smallest absolute Gasteiger partial charge is 0.0416 e. The topological polar surface area (TPSA) is 26.0 Å². The van der Waals surface area contributed by atoms with Crippen molar-refractivity contribution in [2.45, 2.75) is 12.5 Å². The van der Waals surface area contributed by atoms with Gasteiger partial charge < -0.3 is 5.73 Å². The van der Waals surface area contributed by atoms with Gasteiger partial charge in [-0.15, -0.1) is 12.3 Å². The minimum absolute atomic E-state index is 0.115. The van der Waals surface area contributed by atoms with E-state index in [1.54, 1.807) is 0 Å². The van der Waals surface area contributed by atoms with Gasteiger partial charge in [0.25, 0.3) is 0 Å². The first kappa shape index (κ1) is 10.8. The summed E-state index contributed by atoms with van der Waals surface area (Å²) in [7, 11) is 0. The highest BCUT2D eigenvalue weighted by atomic mass is 127. The first-order valence-corrected chi connectivity index (χ1v) is 5.25. The molecule has 1 atom stereocenters. The molecule has 1 rings (SSSR count). The summed E-state index contributed by atoms with van der Waals surface area (Å²) >= 11 is 8.08. The van der Waals surface area contributed by atoms with Crippen LogP contribution in [0.3, 0.4) is 0 Å². The van der Waals surface area contributed by atoms with Crippen LogP contribution >= 0.6 is 34.2 Å². The molecule has 0 aliphatic rings. The van der Waals surface area contributed by atoms with Crippen molar-refractivity contribution < 1.29 is 0 Å². The van der Waals surface area contributed by atoms with Gasteiger partial charge in [-0.25, -0.2) is 0 Å². The van der Waals surface area contributed by atoms with E-state index in [-0.39, 0.29) is 6.04 Å². The van der Waals surface area contributed by atoms with Crippen LogP contribution in [0.4, 0.5) is 0 Å². The van der Waals surface area contributed by atoms with Gasteiger partial charge in [-0.3, -0.25) is 0 Å². The lowest BCUT2D eigenvalue weighted by molar-refractivity contribution is 0.750. The van der Waals surface area contributed by atoms with Gasteiger partial charge in [0, 0.05) is 21.1 Å². The zero-order valence-corrected chi connectivity index (χ0v) is 9.84. The minimum atomic E-state index is -0.115. The maximum atomic E-state index is 5.87. The van der Waals surface area contributed by atoms with Crippen LogP contribution < -0.4 is 5.73 Å². The fourth-order valence-electron chi connectivity index (χ4n) is 1.04. The Hall–Kier alpha value is -0.240. The highest BCUT2D eigenvalue weighted by Crippen LogP contribution is 2.23. The highest BCUT2D eigenvalue weighted by molar-refractivity contribution is 14.1. The van der Waals surface area contributed by atoms with E-state index in [1.165, 1.54) is 0 Å². The maximum Gasteiger partial charge on any atom is 0.0416 e. The van der Waals surface area contributed by atoms with Crippen LogP contribution in [0, 0.1) is 15.9 Å². The van der Waals surface area contributed by atoms with Gasteiger partial charge in [0.15, 0.2) is 0 Å². The Morgan fingerprint density at radius 1 is 1.62 bits per heavy atom. The van der Waals surface area contributed by atoms with E-state index in [0.29, 0.717) is 11.4 Å². The zero-order chi connectivity index (χ0) is 9.84. The van der Waals surface area contributed by atoms with Crippen molar-refractivity contribution in [2.24, 2.45) is 5.73 Å². The molecule has 0 spiro atoms. The number of benzene rings is 1. The van der Waals surface area contributed by atoms with Crippen molar-refractivity contribution in [3.8, 4) is 12.3 Å². The Balaban J connectivity index is 3.00. The zero-order valence-electron chi connectivity index (χ0n) is 6.93. The van der Waals surface area contributed by atoms with Crippen LogP contribution in [0.5, 0.6) is 0 Å². The summed E-state index contributed by atoms with van der Waals surface area (Å²) < 4.78 is 1.10. The molecule has 2 N–H and O–H groups in total. The van der Waals surface area contributed by atoms with Crippen molar-refractivity contribution in [3.05, 3.63) is 32.4 Å². The summed E-state index contributed by atoms with van der Waals surface area (Å²) in [5, 5.41) is 0.697. The van der Waals surface area contributed by atoms with Gasteiger partial charge in [-0.1, -0.05) is 11.6 Å². The normalized spacial score (nSPS) is 12.2. The third-order valence-electron chi connectivity index (χ3n) is 1.70. The van der Waals surface area contributed by atoms with Crippen LogP contribution in [0.2, 0.25) is 5.02 Å². The van der Waals surface area contributed by atoms with Crippen molar-refractivity contribution in [3.63, 3.8) is 0 Å². The average Bonchev–Trinajstić information content (AvgIpc) is 2.09. The molecule has 68 valence electrons. The predicted octanol–water partition coefficient (Wildman–Crippen LogP) is 2.97. The second-order valence-electron chi connectivity index (χ2n) is 2.68. The number of rotatable bonds is 2. The summed E-state index contributed by atoms with van der Waals surface area (Å²) in [6, 6.07) is 5.53. The summed E-state index contributed by atoms with van der Waals surface area (Å²) in [4.78, 5) is 0. The Morgan fingerprint density at radius 2 is 2.31 bits per heavy atom. The summed E-state index contributed by atoms with van der Waals surface area (Å²) in [6.07, 6.45) is 5.73. The predicted molar refractivity (Wildman–Crippen MR) is 64.5 cm³/mol. The van der Waals surface area contributed by atoms with Gasteiger partial charge >= 0.3 is 0 Å². The molecule has 1 aromatic carbocycles. The molecule has 0 heterocycles. The number of hydrogen-bond donors (Lipinski definition) is 1. The van der Waals surface area contributed by atoms with Crippen LogP contribution in [-0.2, 0) is 0 Å². The van der Waals surface area contributed by atoms with Crippen LogP contribution in [0.15, 0.2) is 18.2 Å². The molecule has 0 aliphatic carbocycles. The van der Waals surface area contributed by atoms with Gasteiger partial charge in [0.1, 0.15) is 0 Å². The summed E-state index contributed by atoms with van der Waals surface area (Å²) in [5.74, 6) is 2.54. The first-order valence-electron chi connectivity index (χ1n) is 3.79. The molecule has 13 heavy (non-hydrogen) atoms. The maximum absolute atomic E-state index is 5.87. The van der Waals surface area contributed by atoms with E-state index < -0.39 is 0 Å². The number of hydrogen-bond acceptors (Lipinski definition) is 1. The molecular formula is C10H9ClIN. The lowest BCUT2D eigenvalue weighted by atomic mass is 10.1. The quantitative estimate of drug-likeness (QED) is 0.660. The molecule has 0 saturated heterocycles. The Labute approximate surface area is 96.8 Å².